The van der Waals surface area contributed by atoms with Gasteiger partial charge in [0.25, 0.3) is 23.6 Å². The quantitative estimate of drug-likeness (QED) is 0.0333. The molecule has 5 rings (SSSR count). The average molecular weight is 977 g/mol. The summed E-state index contributed by atoms with van der Waals surface area (Å²) in [5.74, 6) is -3.56. The van der Waals surface area contributed by atoms with Gasteiger partial charge in [0.1, 0.15) is 22.9 Å². The van der Waals surface area contributed by atoms with E-state index in [1.165, 1.54) is 62.8 Å². The van der Waals surface area contributed by atoms with Crippen LogP contribution in [0.2, 0.25) is 10.0 Å². The fourth-order valence-electron chi connectivity index (χ4n) is 6.22. The van der Waals surface area contributed by atoms with E-state index in [1.54, 1.807) is 24.3 Å². The predicted octanol–water partition coefficient (Wildman–Crippen LogP) is 10.4. The molecule has 0 aliphatic heterocycles. The monoisotopic (exact) mass is 974 g/mol. The number of amides is 4. The van der Waals surface area contributed by atoms with E-state index >= 15 is 0 Å². The number of para-hydroxylation sites is 2. The third-order valence-corrected chi connectivity index (χ3v) is 10.7. The van der Waals surface area contributed by atoms with Crippen molar-refractivity contribution in [1.29, 1.82) is 0 Å². The molecule has 4 amide bonds. The number of hydrogen-bond donors (Lipinski definition) is 4. The van der Waals surface area contributed by atoms with E-state index in [9.17, 15) is 28.8 Å². The molecule has 5 aromatic carbocycles. The van der Waals surface area contributed by atoms with E-state index in [0.29, 0.717) is 36.0 Å². The standard InChI is InChI=1S/C46H42Cl4N8O8/c1-25(59)41(57-55-33-17-9-13-29(39(33)49)43(61)51-31-15-7-5-11-27(31)19-21-47)45(63)53-35-23-38(66-4)36(24-37(35)65-3)54-46(64)42(26(2)60)58-56-34-18-10-14-30(40(34)50)44(62)52-32-16-8-6-12-28(32)20-22-48/h5-18,23-24,41-42H,19-22H2,1-4H3,(H,51,61)(H,52,62)(H,53,63)(H,54,64). The van der Waals surface area contributed by atoms with Crippen molar-refractivity contribution in [2.75, 3.05) is 47.2 Å². The normalized spacial score (nSPS) is 12.0. The molecule has 4 N–H and O–H groups in total. The highest BCUT2D eigenvalue weighted by atomic mass is 35.5. The lowest BCUT2D eigenvalue weighted by Gasteiger charge is -2.18. The second-order valence-corrected chi connectivity index (χ2v) is 15.6. The molecule has 66 heavy (non-hydrogen) atoms. The lowest BCUT2D eigenvalue weighted by atomic mass is 10.1. The number of carbonyl (C=O) groups is 6. The molecule has 0 bridgehead atoms. The minimum absolute atomic E-state index is 0.00113. The number of azo groups is 2. The van der Waals surface area contributed by atoms with Crippen LogP contribution in [0, 0.1) is 0 Å². The van der Waals surface area contributed by atoms with Crippen LogP contribution < -0.4 is 30.7 Å². The van der Waals surface area contributed by atoms with Crippen LogP contribution in [0.15, 0.2) is 118 Å². The molecule has 16 nitrogen and oxygen atoms in total. The number of anilines is 4. The Bertz CT molecular complexity index is 2530. The summed E-state index contributed by atoms with van der Waals surface area (Å²) < 4.78 is 11.0. The first kappa shape index (κ1) is 50.3. The molecule has 0 radical (unpaired) electrons. The predicted molar refractivity (Wildman–Crippen MR) is 255 cm³/mol. The van der Waals surface area contributed by atoms with Crippen molar-refractivity contribution in [3.05, 3.63) is 129 Å². The third-order valence-electron chi connectivity index (χ3n) is 9.57. The Balaban J connectivity index is 1.31. The van der Waals surface area contributed by atoms with E-state index in [1.807, 2.05) is 24.3 Å². The summed E-state index contributed by atoms with van der Waals surface area (Å²) in [7, 11) is 2.58. The van der Waals surface area contributed by atoms with Gasteiger partial charge in [-0.3, -0.25) is 28.8 Å². The molecular formula is C46H42Cl4N8O8. The molecule has 0 aromatic heterocycles. The third kappa shape index (κ3) is 12.8. The number of nitrogens with zero attached hydrogens (tertiary/aromatic N) is 4. The largest absolute Gasteiger partial charge is 0.494 e. The van der Waals surface area contributed by atoms with Gasteiger partial charge in [0.15, 0.2) is 11.6 Å². The number of hydrogen-bond acceptors (Lipinski definition) is 12. The molecule has 5 aromatic rings. The lowest BCUT2D eigenvalue weighted by Crippen LogP contribution is -2.32. The molecule has 0 saturated heterocycles. The van der Waals surface area contributed by atoms with Gasteiger partial charge in [0.05, 0.1) is 46.8 Å². The molecule has 0 aliphatic rings. The van der Waals surface area contributed by atoms with Crippen molar-refractivity contribution < 1.29 is 38.2 Å². The Labute approximate surface area is 399 Å². The van der Waals surface area contributed by atoms with Crippen molar-refractivity contribution >= 4 is 116 Å². The highest BCUT2D eigenvalue weighted by Crippen LogP contribution is 2.38. The second-order valence-electron chi connectivity index (χ2n) is 14.1. The maximum Gasteiger partial charge on any atom is 0.258 e. The molecule has 0 saturated carbocycles. The molecule has 2 atom stereocenters. The summed E-state index contributed by atoms with van der Waals surface area (Å²) in [6.07, 6.45) is 1.05. The zero-order valence-corrected chi connectivity index (χ0v) is 38.8. The first-order chi connectivity index (χ1) is 31.7. The van der Waals surface area contributed by atoms with E-state index < -0.39 is 47.3 Å². The number of alkyl halides is 2. The fourth-order valence-corrected chi connectivity index (χ4v) is 7.13. The highest BCUT2D eigenvalue weighted by Gasteiger charge is 2.28. The molecule has 0 spiro atoms. The van der Waals surface area contributed by atoms with Crippen LogP contribution >= 0.6 is 46.4 Å². The van der Waals surface area contributed by atoms with Crippen LogP contribution in [-0.2, 0) is 32.0 Å². The first-order valence-electron chi connectivity index (χ1n) is 19.9. The number of methoxy groups -OCH3 is 2. The maximum atomic E-state index is 13.6. The zero-order valence-electron chi connectivity index (χ0n) is 35.8. The van der Waals surface area contributed by atoms with Crippen LogP contribution in [0.1, 0.15) is 45.7 Å². The SMILES string of the molecule is COc1cc(NC(=O)C(N=Nc2cccc(C(=O)Nc3ccccc3CCCl)c2Cl)C(C)=O)c(OC)cc1NC(=O)C(N=Nc1cccc(C(=O)Nc2ccccc2CCCl)c1Cl)C(C)=O. The number of aryl methyl sites for hydroxylation is 2. The summed E-state index contributed by atoms with van der Waals surface area (Å²) >= 11 is 25.0. The Morgan fingerprint density at radius 1 is 0.530 bits per heavy atom. The van der Waals surface area contributed by atoms with Gasteiger partial charge in [-0.05, 0) is 74.2 Å². The number of Topliss-reactive ketones (excluding diaryl/α,β-unsaturated/α-hetero) is 2. The van der Waals surface area contributed by atoms with E-state index in [-0.39, 0.29) is 55.4 Å². The minimum Gasteiger partial charge on any atom is -0.494 e. The van der Waals surface area contributed by atoms with Crippen LogP contribution in [0.5, 0.6) is 11.5 Å². The average Bonchev–Trinajstić information content (AvgIpc) is 3.29. The molecule has 342 valence electrons. The summed E-state index contributed by atoms with van der Waals surface area (Å²) in [6, 6.07) is 22.5. The zero-order chi connectivity index (χ0) is 47.9. The Kier molecular flexibility index (Phi) is 18.3. The van der Waals surface area contributed by atoms with Gasteiger partial charge in [-0.2, -0.15) is 20.5 Å². The van der Waals surface area contributed by atoms with Gasteiger partial charge < -0.3 is 30.7 Å². The number of rotatable bonds is 20. The lowest BCUT2D eigenvalue weighted by molar-refractivity contribution is -0.127. The smallest absolute Gasteiger partial charge is 0.258 e. The van der Waals surface area contributed by atoms with Gasteiger partial charge in [0.2, 0.25) is 12.1 Å². The number of benzene rings is 5. The maximum absolute atomic E-state index is 13.6. The molecule has 2 unspecified atom stereocenters. The van der Waals surface area contributed by atoms with Gasteiger partial charge in [-0.15, -0.1) is 23.2 Å². The van der Waals surface area contributed by atoms with Gasteiger partial charge in [0, 0.05) is 35.3 Å². The number of nitrogens with one attached hydrogen (secondary N) is 4. The summed E-state index contributed by atoms with van der Waals surface area (Å²) in [6.45, 7) is 2.28. The summed E-state index contributed by atoms with van der Waals surface area (Å²) in [5.41, 5.74) is 2.94. The Morgan fingerprint density at radius 3 is 1.26 bits per heavy atom. The van der Waals surface area contributed by atoms with Gasteiger partial charge in [-0.25, -0.2) is 0 Å². The van der Waals surface area contributed by atoms with Crippen molar-refractivity contribution in [3.63, 3.8) is 0 Å². The molecule has 0 fully saturated rings. The topological polar surface area (TPSA) is 218 Å². The van der Waals surface area contributed by atoms with Crippen molar-refractivity contribution in [3.8, 4) is 11.5 Å². The number of ketones is 2. The van der Waals surface area contributed by atoms with Crippen LogP contribution in [-0.4, -0.2) is 73.3 Å². The van der Waals surface area contributed by atoms with Crippen molar-refractivity contribution in [2.24, 2.45) is 20.5 Å². The van der Waals surface area contributed by atoms with E-state index in [0.717, 1.165) is 25.0 Å². The summed E-state index contributed by atoms with van der Waals surface area (Å²) in [5, 5.41) is 26.7. The second kappa shape index (κ2) is 24.0. The Hall–Kier alpha value is -6.72. The van der Waals surface area contributed by atoms with E-state index in [2.05, 4.69) is 41.7 Å². The molecular weight excluding hydrogens is 934 g/mol. The minimum atomic E-state index is -1.68. The van der Waals surface area contributed by atoms with Crippen molar-refractivity contribution in [1.82, 2.24) is 0 Å². The number of halogens is 4. The number of carbonyl (C=O) groups excluding carboxylic acids is 6. The molecule has 0 heterocycles. The molecule has 0 aliphatic carbocycles. The fraction of sp³-hybridized carbons (Fsp3) is 0.217. The summed E-state index contributed by atoms with van der Waals surface area (Å²) in [4.78, 5) is 79.0. The van der Waals surface area contributed by atoms with Gasteiger partial charge >= 0.3 is 0 Å². The van der Waals surface area contributed by atoms with Crippen LogP contribution in [0.3, 0.4) is 0 Å². The first-order valence-corrected chi connectivity index (χ1v) is 21.7. The highest BCUT2D eigenvalue weighted by molar-refractivity contribution is 6.37. The van der Waals surface area contributed by atoms with E-state index in [4.69, 9.17) is 55.9 Å². The number of ether oxygens (including phenoxy) is 2. The van der Waals surface area contributed by atoms with Crippen molar-refractivity contribution in [2.45, 2.75) is 38.8 Å². The Morgan fingerprint density at radius 2 is 0.909 bits per heavy atom. The molecule has 20 heteroatoms. The van der Waals surface area contributed by atoms with Crippen LogP contribution in [0.25, 0.3) is 0 Å². The van der Waals surface area contributed by atoms with Crippen LogP contribution in [0.4, 0.5) is 34.1 Å². The van der Waals surface area contributed by atoms with Gasteiger partial charge in [-0.1, -0.05) is 71.7 Å².